The molecule has 0 unspecified atom stereocenters. The molecule has 0 bridgehead atoms. The molecule has 2 aromatic carbocycles. The van der Waals surface area contributed by atoms with E-state index in [4.69, 9.17) is 0 Å². The maximum Gasteiger partial charge on any atom is 0.274 e. The van der Waals surface area contributed by atoms with Crippen LogP contribution in [0.4, 0.5) is 15.8 Å². The number of nitro groups is 1. The molecule has 2 amide bonds. The van der Waals surface area contributed by atoms with Crippen molar-refractivity contribution in [3.63, 3.8) is 0 Å². The van der Waals surface area contributed by atoms with Crippen molar-refractivity contribution in [2.45, 2.75) is 19.8 Å². The predicted octanol–water partition coefficient (Wildman–Crippen LogP) is 3.53. The van der Waals surface area contributed by atoms with Crippen LogP contribution < -0.4 is 5.32 Å². The van der Waals surface area contributed by atoms with Gasteiger partial charge < -0.3 is 10.2 Å². The molecular formula is C20H20FN3O4. The van der Waals surface area contributed by atoms with E-state index in [0.29, 0.717) is 42.7 Å². The summed E-state index contributed by atoms with van der Waals surface area (Å²) in [5.74, 6) is -1.08. The molecule has 1 saturated heterocycles. The Bertz CT molecular complexity index is 906. The molecule has 1 fully saturated rings. The minimum absolute atomic E-state index is 0.0440. The van der Waals surface area contributed by atoms with Crippen LogP contribution in [0.2, 0.25) is 0 Å². The Labute approximate surface area is 161 Å². The molecular weight excluding hydrogens is 365 g/mol. The molecule has 0 saturated carbocycles. The van der Waals surface area contributed by atoms with Crippen LogP contribution in [0, 0.1) is 28.8 Å². The SMILES string of the molecule is Cc1c(NC(=O)C2CCN(C(=O)c3ccc(F)cc3)CC2)cccc1[N+](=O)[O-]. The third-order valence-electron chi connectivity index (χ3n) is 5.00. The van der Waals surface area contributed by atoms with Gasteiger partial charge in [0.15, 0.2) is 0 Å². The molecule has 0 atom stereocenters. The van der Waals surface area contributed by atoms with Gasteiger partial charge in [0, 0.05) is 30.6 Å². The standard InChI is InChI=1S/C20H20FN3O4/c1-13-17(3-2-4-18(13)24(27)28)22-19(25)14-9-11-23(12-10-14)20(26)15-5-7-16(21)8-6-15/h2-8,14H,9-12H2,1H3,(H,22,25). The van der Waals surface area contributed by atoms with Gasteiger partial charge in [-0.1, -0.05) is 6.07 Å². The monoisotopic (exact) mass is 385 g/mol. The lowest BCUT2D eigenvalue weighted by Crippen LogP contribution is -2.41. The van der Waals surface area contributed by atoms with E-state index >= 15 is 0 Å². The van der Waals surface area contributed by atoms with E-state index in [2.05, 4.69) is 5.32 Å². The lowest BCUT2D eigenvalue weighted by Gasteiger charge is -2.31. The number of carbonyl (C=O) groups is 2. The smallest absolute Gasteiger partial charge is 0.274 e. The highest BCUT2D eigenvalue weighted by atomic mass is 19.1. The average Bonchev–Trinajstić information content (AvgIpc) is 2.69. The van der Waals surface area contributed by atoms with Crippen LogP contribution in [-0.4, -0.2) is 34.7 Å². The topological polar surface area (TPSA) is 92.6 Å². The number of nitrogens with zero attached hydrogens (tertiary/aromatic N) is 2. The summed E-state index contributed by atoms with van der Waals surface area (Å²) in [6.45, 7) is 2.43. The zero-order valence-corrected chi connectivity index (χ0v) is 15.4. The molecule has 8 heteroatoms. The van der Waals surface area contributed by atoms with Gasteiger partial charge in [-0.2, -0.15) is 0 Å². The summed E-state index contributed by atoms with van der Waals surface area (Å²) in [7, 11) is 0. The zero-order valence-electron chi connectivity index (χ0n) is 15.4. The van der Waals surface area contributed by atoms with Crippen molar-refractivity contribution in [2.75, 3.05) is 18.4 Å². The minimum Gasteiger partial charge on any atom is -0.339 e. The number of benzene rings is 2. The second-order valence-electron chi connectivity index (χ2n) is 6.77. The number of anilines is 1. The van der Waals surface area contributed by atoms with Gasteiger partial charge in [0.05, 0.1) is 16.2 Å². The van der Waals surface area contributed by atoms with Crippen molar-refractivity contribution >= 4 is 23.2 Å². The fourth-order valence-corrected chi connectivity index (χ4v) is 3.31. The van der Waals surface area contributed by atoms with Crippen molar-refractivity contribution < 1.29 is 18.9 Å². The second kappa shape index (κ2) is 8.16. The molecule has 0 spiro atoms. The molecule has 0 aliphatic carbocycles. The van der Waals surface area contributed by atoms with E-state index in [-0.39, 0.29) is 23.4 Å². The summed E-state index contributed by atoms with van der Waals surface area (Å²) in [6.07, 6.45) is 0.986. The molecule has 1 heterocycles. The molecule has 0 radical (unpaired) electrons. The van der Waals surface area contributed by atoms with Crippen molar-refractivity contribution in [1.82, 2.24) is 4.90 Å². The van der Waals surface area contributed by atoms with Crippen LogP contribution >= 0.6 is 0 Å². The van der Waals surface area contributed by atoms with Gasteiger partial charge in [-0.05, 0) is 50.1 Å². The Kier molecular flexibility index (Phi) is 5.67. The quantitative estimate of drug-likeness (QED) is 0.644. The zero-order chi connectivity index (χ0) is 20.3. The third kappa shape index (κ3) is 4.16. The van der Waals surface area contributed by atoms with Crippen molar-refractivity contribution in [1.29, 1.82) is 0 Å². The van der Waals surface area contributed by atoms with E-state index in [0.717, 1.165) is 0 Å². The highest BCUT2D eigenvalue weighted by Gasteiger charge is 2.28. The fraction of sp³-hybridized carbons (Fsp3) is 0.300. The van der Waals surface area contributed by atoms with Crippen molar-refractivity contribution in [3.8, 4) is 0 Å². The van der Waals surface area contributed by atoms with Crippen molar-refractivity contribution in [3.05, 3.63) is 69.5 Å². The molecule has 3 rings (SSSR count). The first kappa shape index (κ1) is 19.5. The number of carbonyl (C=O) groups excluding carboxylic acids is 2. The summed E-state index contributed by atoms with van der Waals surface area (Å²) in [4.78, 5) is 37.2. The predicted molar refractivity (Wildman–Crippen MR) is 101 cm³/mol. The molecule has 2 aromatic rings. The minimum atomic E-state index is -0.482. The molecule has 1 aliphatic heterocycles. The number of halogens is 1. The fourth-order valence-electron chi connectivity index (χ4n) is 3.31. The number of hydrogen-bond donors (Lipinski definition) is 1. The normalized spacial score (nSPS) is 14.6. The maximum atomic E-state index is 13.0. The number of rotatable bonds is 4. The van der Waals surface area contributed by atoms with Gasteiger partial charge in [-0.25, -0.2) is 4.39 Å². The molecule has 1 N–H and O–H groups in total. The summed E-state index contributed by atoms with van der Waals surface area (Å²) in [5.41, 5.74) is 1.20. The summed E-state index contributed by atoms with van der Waals surface area (Å²) in [5, 5.41) is 13.8. The Morgan fingerprint density at radius 2 is 1.79 bits per heavy atom. The highest BCUT2D eigenvalue weighted by molar-refractivity contribution is 5.95. The summed E-state index contributed by atoms with van der Waals surface area (Å²) in [6, 6.07) is 9.94. The van der Waals surface area contributed by atoms with Gasteiger partial charge in [0.2, 0.25) is 5.91 Å². The lowest BCUT2D eigenvalue weighted by atomic mass is 9.95. The van der Waals surface area contributed by atoms with Crippen LogP contribution in [-0.2, 0) is 4.79 Å². The first-order valence-electron chi connectivity index (χ1n) is 8.96. The van der Waals surface area contributed by atoms with E-state index in [1.54, 1.807) is 17.9 Å². The number of piperidine rings is 1. The van der Waals surface area contributed by atoms with Crippen LogP contribution in [0.1, 0.15) is 28.8 Å². The molecule has 28 heavy (non-hydrogen) atoms. The Hall–Kier alpha value is -3.29. The Morgan fingerprint density at radius 3 is 2.39 bits per heavy atom. The highest BCUT2D eigenvalue weighted by Crippen LogP contribution is 2.27. The van der Waals surface area contributed by atoms with Crippen LogP contribution in [0.5, 0.6) is 0 Å². The average molecular weight is 385 g/mol. The van der Waals surface area contributed by atoms with Gasteiger partial charge >= 0.3 is 0 Å². The summed E-state index contributed by atoms with van der Waals surface area (Å²) >= 11 is 0. The van der Waals surface area contributed by atoms with Crippen LogP contribution in [0.25, 0.3) is 0 Å². The number of amides is 2. The first-order chi connectivity index (χ1) is 13.4. The van der Waals surface area contributed by atoms with Gasteiger partial charge in [-0.3, -0.25) is 19.7 Å². The molecule has 146 valence electrons. The van der Waals surface area contributed by atoms with E-state index in [1.165, 1.54) is 36.4 Å². The van der Waals surface area contributed by atoms with Crippen LogP contribution in [0.15, 0.2) is 42.5 Å². The number of nitro benzene ring substituents is 1. The van der Waals surface area contributed by atoms with E-state index in [1.807, 2.05) is 0 Å². The van der Waals surface area contributed by atoms with Crippen LogP contribution in [0.3, 0.4) is 0 Å². The Balaban J connectivity index is 1.60. The van der Waals surface area contributed by atoms with E-state index in [9.17, 15) is 24.1 Å². The molecule has 1 aliphatic rings. The van der Waals surface area contributed by atoms with Gasteiger partial charge in [0.1, 0.15) is 5.82 Å². The van der Waals surface area contributed by atoms with E-state index < -0.39 is 10.7 Å². The van der Waals surface area contributed by atoms with Gasteiger partial charge in [-0.15, -0.1) is 0 Å². The Morgan fingerprint density at radius 1 is 1.14 bits per heavy atom. The largest absolute Gasteiger partial charge is 0.339 e. The third-order valence-corrected chi connectivity index (χ3v) is 5.00. The molecule has 7 nitrogen and oxygen atoms in total. The first-order valence-corrected chi connectivity index (χ1v) is 8.96. The van der Waals surface area contributed by atoms with Gasteiger partial charge in [0.25, 0.3) is 11.6 Å². The second-order valence-corrected chi connectivity index (χ2v) is 6.77. The summed E-state index contributed by atoms with van der Waals surface area (Å²) < 4.78 is 13.0. The lowest BCUT2D eigenvalue weighted by molar-refractivity contribution is -0.385. The van der Waals surface area contributed by atoms with Crippen molar-refractivity contribution in [2.24, 2.45) is 5.92 Å². The maximum absolute atomic E-state index is 13.0. The number of nitrogens with one attached hydrogen (secondary N) is 1. The number of hydrogen-bond acceptors (Lipinski definition) is 4. The molecule has 0 aromatic heterocycles. The number of likely N-dealkylation sites (tertiary alicyclic amines) is 1.